The number of rotatable bonds is 7. The second-order valence-corrected chi connectivity index (χ2v) is 7.58. The molecule has 122 valence electrons. The lowest BCUT2D eigenvalue weighted by molar-refractivity contribution is -0.137. The molecule has 0 saturated carbocycles. The van der Waals surface area contributed by atoms with Crippen LogP contribution in [-0.4, -0.2) is 21.8 Å². The normalized spacial score (nSPS) is 10.7. The van der Waals surface area contributed by atoms with Gasteiger partial charge in [0.25, 0.3) is 0 Å². The van der Waals surface area contributed by atoms with Gasteiger partial charge in [0, 0.05) is 17.7 Å². The van der Waals surface area contributed by atoms with Crippen LogP contribution in [0.3, 0.4) is 0 Å². The number of carbonyl (C=O) groups is 1. The number of nitrogens with zero attached hydrogens (tertiary/aromatic N) is 1. The van der Waals surface area contributed by atoms with E-state index in [2.05, 4.69) is 24.3 Å². The molecule has 0 amide bonds. The van der Waals surface area contributed by atoms with E-state index < -0.39 is 5.97 Å². The molecule has 0 spiro atoms. The molecule has 0 aliphatic heterocycles. The zero-order chi connectivity index (χ0) is 16.8. The summed E-state index contributed by atoms with van der Waals surface area (Å²) in [6, 6.07) is 20.4. The van der Waals surface area contributed by atoms with Crippen LogP contribution in [-0.2, 0) is 4.79 Å². The third kappa shape index (κ3) is 4.24. The minimum absolute atomic E-state index is 0.204. The van der Waals surface area contributed by atoms with Gasteiger partial charge in [-0.05, 0) is 12.0 Å². The fourth-order valence-corrected chi connectivity index (χ4v) is 4.50. The number of hydrogen-bond acceptors (Lipinski definition) is 4. The number of carboxylic acid groups (broad SMARTS) is 1. The van der Waals surface area contributed by atoms with E-state index in [9.17, 15) is 4.79 Å². The van der Waals surface area contributed by atoms with Gasteiger partial charge in [0.15, 0.2) is 4.34 Å². The van der Waals surface area contributed by atoms with Crippen molar-refractivity contribution in [3.05, 3.63) is 60.7 Å². The van der Waals surface area contributed by atoms with Crippen LogP contribution in [0.15, 0.2) is 65.0 Å². The molecule has 1 heterocycles. The smallest absolute Gasteiger partial charge is 0.303 e. The number of carboxylic acids is 1. The predicted molar refractivity (Wildman–Crippen MR) is 101 cm³/mol. The Hall–Kier alpha value is -2.11. The summed E-state index contributed by atoms with van der Waals surface area (Å²) < 4.78 is 0.984. The molecule has 0 aliphatic carbocycles. The molecule has 3 aromatic rings. The van der Waals surface area contributed by atoms with Crippen LogP contribution in [0, 0.1) is 0 Å². The molecule has 0 unspecified atom stereocenters. The maximum atomic E-state index is 10.6. The van der Waals surface area contributed by atoms with Gasteiger partial charge in [0.2, 0.25) is 0 Å². The third-order valence-electron chi connectivity index (χ3n) is 3.45. The van der Waals surface area contributed by atoms with Crippen molar-refractivity contribution in [1.82, 2.24) is 4.98 Å². The second-order valence-electron chi connectivity index (χ2n) is 5.24. The van der Waals surface area contributed by atoms with Gasteiger partial charge in [-0.2, -0.15) is 0 Å². The van der Waals surface area contributed by atoms with Gasteiger partial charge < -0.3 is 5.11 Å². The van der Waals surface area contributed by atoms with E-state index in [1.807, 2.05) is 36.4 Å². The molecule has 5 heteroatoms. The average Bonchev–Trinajstić information content (AvgIpc) is 3.04. The summed E-state index contributed by atoms with van der Waals surface area (Å²) in [4.78, 5) is 16.6. The lowest BCUT2D eigenvalue weighted by Crippen LogP contribution is -1.94. The van der Waals surface area contributed by atoms with Crippen LogP contribution in [0.4, 0.5) is 0 Å². The first-order valence-electron chi connectivity index (χ1n) is 7.70. The minimum atomic E-state index is -0.746. The molecule has 3 nitrogen and oxygen atoms in total. The van der Waals surface area contributed by atoms with Crippen molar-refractivity contribution in [1.29, 1.82) is 0 Å². The van der Waals surface area contributed by atoms with Gasteiger partial charge in [-0.25, -0.2) is 4.98 Å². The first kappa shape index (κ1) is 16.7. The summed E-state index contributed by atoms with van der Waals surface area (Å²) in [5, 5.41) is 8.73. The second kappa shape index (κ2) is 8.13. The first-order valence-corrected chi connectivity index (χ1v) is 9.50. The molecule has 2 aromatic carbocycles. The first-order chi connectivity index (χ1) is 11.7. The fourth-order valence-electron chi connectivity index (χ4n) is 2.32. The summed E-state index contributed by atoms with van der Waals surface area (Å²) in [5.74, 6) is 0.0205. The molecule has 1 N–H and O–H groups in total. The number of thioether (sulfide) groups is 1. The lowest BCUT2D eigenvalue weighted by atomic mass is 10.1. The van der Waals surface area contributed by atoms with Crippen molar-refractivity contribution >= 4 is 29.1 Å². The Labute approximate surface area is 149 Å². The SMILES string of the molecule is O=C(O)CCCSc1nc(-c2ccccc2)c(-c2ccccc2)s1. The maximum absolute atomic E-state index is 10.6. The Morgan fingerprint density at radius 2 is 1.62 bits per heavy atom. The summed E-state index contributed by atoms with van der Waals surface area (Å²) in [7, 11) is 0. The van der Waals surface area contributed by atoms with E-state index in [4.69, 9.17) is 10.1 Å². The van der Waals surface area contributed by atoms with Crippen LogP contribution in [0.25, 0.3) is 21.7 Å². The third-order valence-corrected chi connectivity index (χ3v) is 5.78. The summed E-state index contributed by atoms with van der Waals surface area (Å²) in [6.45, 7) is 0. The molecule has 0 fully saturated rings. The number of benzene rings is 2. The van der Waals surface area contributed by atoms with Crippen LogP contribution in [0.2, 0.25) is 0 Å². The molecular formula is C19H17NO2S2. The molecule has 0 radical (unpaired) electrons. The van der Waals surface area contributed by atoms with Gasteiger partial charge in [-0.1, -0.05) is 72.4 Å². The Morgan fingerprint density at radius 3 is 2.25 bits per heavy atom. The molecule has 0 aliphatic rings. The van der Waals surface area contributed by atoms with Gasteiger partial charge >= 0.3 is 5.97 Å². The zero-order valence-corrected chi connectivity index (χ0v) is 14.6. The van der Waals surface area contributed by atoms with E-state index in [0.717, 1.165) is 31.8 Å². The quantitative estimate of drug-likeness (QED) is 0.453. The minimum Gasteiger partial charge on any atom is -0.481 e. The van der Waals surface area contributed by atoms with Crippen molar-refractivity contribution in [2.75, 3.05) is 5.75 Å². The van der Waals surface area contributed by atoms with Crippen molar-refractivity contribution in [3.63, 3.8) is 0 Å². The highest BCUT2D eigenvalue weighted by molar-refractivity contribution is 8.01. The molecule has 0 saturated heterocycles. The lowest BCUT2D eigenvalue weighted by Gasteiger charge is -2.02. The van der Waals surface area contributed by atoms with Crippen LogP contribution in [0.1, 0.15) is 12.8 Å². The largest absolute Gasteiger partial charge is 0.481 e. The monoisotopic (exact) mass is 355 g/mol. The van der Waals surface area contributed by atoms with Crippen LogP contribution >= 0.6 is 23.1 Å². The Bertz CT molecular complexity index is 744. The molecule has 0 atom stereocenters. The zero-order valence-electron chi connectivity index (χ0n) is 13.0. The van der Waals surface area contributed by atoms with Crippen molar-refractivity contribution in [2.24, 2.45) is 0 Å². The molecule has 3 rings (SSSR count). The highest BCUT2D eigenvalue weighted by Crippen LogP contribution is 2.40. The van der Waals surface area contributed by atoms with Crippen LogP contribution in [0.5, 0.6) is 0 Å². The number of hydrogen-bond donors (Lipinski definition) is 1. The Balaban J connectivity index is 1.87. The van der Waals surface area contributed by atoms with Gasteiger partial charge in [-0.3, -0.25) is 4.79 Å². The Morgan fingerprint density at radius 1 is 1.00 bits per heavy atom. The van der Waals surface area contributed by atoms with Gasteiger partial charge in [-0.15, -0.1) is 11.3 Å². The van der Waals surface area contributed by atoms with Gasteiger partial charge in [0.1, 0.15) is 0 Å². The van der Waals surface area contributed by atoms with Crippen molar-refractivity contribution in [2.45, 2.75) is 17.2 Å². The molecule has 24 heavy (non-hydrogen) atoms. The van der Waals surface area contributed by atoms with E-state index in [1.54, 1.807) is 23.1 Å². The molecule has 1 aromatic heterocycles. The maximum Gasteiger partial charge on any atom is 0.303 e. The van der Waals surface area contributed by atoms with Crippen LogP contribution < -0.4 is 0 Å². The number of aliphatic carboxylic acids is 1. The number of thiazole rings is 1. The highest BCUT2D eigenvalue weighted by Gasteiger charge is 2.15. The predicted octanol–water partition coefficient (Wildman–Crippen LogP) is 5.43. The van der Waals surface area contributed by atoms with E-state index in [0.29, 0.717) is 6.42 Å². The molecule has 0 bridgehead atoms. The average molecular weight is 355 g/mol. The number of aromatic nitrogens is 1. The summed E-state index contributed by atoms with van der Waals surface area (Å²) >= 11 is 3.30. The Kier molecular flexibility index (Phi) is 5.67. The highest BCUT2D eigenvalue weighted by atomic mass is 32.2. The van der Waals surface area contributed by atoms with Gasteiger partial charge in [0.05, 0.1) is 10.6 Å². The van der Waals surface area contributed by atoms with Crippen molar-refractivity contribution < 1.29 is 9.90 Å². The fraction of sp³-hybridized carbons (Fsp3) is 0.158. The topological polar surface area (TPSA) is 50.2 Å². The molecular weight excluding hydrogens is 338 g/mol. The van der Waals surface area contributed by atoms with E-state index in [-0.39, 0.29) is 6.42 Å². The van der Waals surface area contributed by atoms with Crippen molar-refractivity contribution in [3.8, 4) is 21.7 Å². The summed E-state index contributed by atoms with van der Waals surface area (Å²) in [5.41, 5.74) is 3.25. The van der Waals surface area contributed by atoms with E-state index >= 15 is 0 Å². The van der Waals surface area contributed by atoms with E-state index in [1.165, 1.54) is 0 Å². The standard InChI is InChI=1S/C19H17NO2S2/c21-16(22)12-7-13-23-19-20-17(14-8-3-1-4-9-14)18(24-19)15-10-5-2-6-11-15/h1-6,8-11H,7,12-13H2,(H,21,22). The summed E-state index contributed by atoms with van der Waals surface area (Å²) in [6.07, 6.45) is 0.858.